The number of rotatable bonds is 14. The van der Waals surface area contributed by atoms with Crippen molar-refractivity contribution in [1.29, 1.82) is 0 Å². The van der Waals surface area contributed by atoms with E-state index in [4.69, 9.17) is 6.58 Å². The molecule has 0 aliphatic heterocycles. The van der Waals surface area contributed by atoms with Crippen LogP contribution < -0.4 is 19.6 Å². The Bertz CT molecular complexity index is 4050. The highest BCUT2D eigenvalue weighted by Gasteiger charge is 2.52. The van der Waals surface area contributed by atoms with Gasteiger partial charge in [0.25, 0.3) is 0 Å². The van der Waals surface area contributed by atoms with E-state index >= 15 is 0 Å². The SMILES string of the molecule is C=C(/C=C\C1=C(C)C2(c3cc(N(c4ccccc4)c4ccc(C)cc4)ccc31)c1cc(N(c3ccc(C)cc3)c3ccc(C)cc3)ccc1-c1ccc(N(c3ccc(C)cc3)c3ccc(C)cc3)cc12)N(c1ccccc1)c1ccc(C)cc1. The van der Waals surface area contributed by atoms with Gasteiger partial charge in [-0.05, 0) is 233 Å². The molecule has 4 heteroatoms. The van der Waals surface area contributed by atoms with Crippen LogP contribution in [0.3, 0.4) is 0 Å². The average Bonchev–Trinajstić information content (AvgIpc) is 1.54. The molecular formula is C80H68N4. The Hall–Kier alpha value is -10.2. The van der Waals surface area contributed by atoms with Gasteiger partial charge in [0.15, 0.2) is 0 Å². The third-order valence-corrected chi connectivity index (χ3v) is 17.1. The second-order valence-electron chi connectivity index (χ2n) is 22.8. The summed E-state index contributed by atoms with van der Waals surface area (Å²) in [4.78, 5) is 9.51. The fourth-order valence-electron chi connectivity index (χ4n) is 12.7. The van der Waals surface area contributed by atoms with Gasteiger partial charge in [0.2, 0.25) is 0 Å². The molecule has 0 radical (unpaired) electrons. The summed E-state index contributed by atoms with van der Waals surface area (Å²) in [6.07, 6.45) is 4.56. The Morgan fingerprint density at radius 2 is 0.560 bits per heavy atom. The number of hydrogen-bond acceptors (Lipinski definition) is 4. The zero-order valence-corrected chi connectivity index (χ0v) is 49.0. The van der Waals surface area contributed by atoms with Crippen molar-refractivity contribution < 1.29 is 0 Å². The van der Waals surface area contributed by atoms with Crippen LogP contribution >= 0.6 is 0 Å². The maximum absolute atomic E-state index is 4.84. The summed E-state index contributed by atoms with van der Waals surface area (Å²) < 4.78 is 0. The predicted octanol–water partition coefficient (Wildman–Crippen LogP) is 22.0. The van der Waals surface area contributed by atoms with Gasteiger partial charge in [0, 0.05) is 68.3 Å². The van der Waals surface area contributed by atoms with Gasteiger partial charge in [-0.2, -0.15) is 0 Å². The Labute approximate surface area is 496 Å². The van der Waals surface area contributed by atoms with E-state index in [1.54, 1.807) is 0 Å². The van der Waals surface area contributed by atoms with Crippen molar-refractivity contribution in [3.05, 3.63) is 346 Å². The third-order valence-electron chi connectivity index (χ3n) is 17.1. The number of benzene rings is 11. The summed E-state index contributed by atoms with van der Waals surface area (Å²) in [5.41, 5.74) is 29.0. The number of para-hydroxylation sites is 2. The summed E-state index contributed by atoms with van der Waals surface area (Å²) in [7, 11) is 0. The van der Waals surface area contributed by atoms with Crippen LogP contribution in [0.5, 0.6) is 0 Å². The first-order valence-corrected chi connectivity index (χ1v) is 29.2. The Morgan fingerprint density at radius 1 is 0.298 bits per heavy atom. The van der Waals surface area contributed by atoms with Crippen LogP contribution in [0.2, 0.25) is 0 Å². The van der Waals surface area contributed by atoms with Gasteiger partial charge >= 0.3 is 0 Å². The van der Waals surface area contributed by atoms with Crippen LogP contribution in [0, 0.1) is 41.5 Å². The molecule has 2 aliphatic rings. The Kier molecular flexibility index (Phi) is 13.9. The first kappa shape index (κ1) is 53.2. The van der Waals surface area contributed by atoms with Gasteiger partial charge < -0.3 is 19.6 Å². The standard InChI is InChI=1S/C80H68N4/c1-54-19-32-64(33-20-54)81(62-15-11-9-12-16-62)60(7)31-47-73-61(8)80(77-51-70(44-48-74(73)77)82(63-17-13-10-14-18-63)65-34-21-55(2)22-35-65)78-52-71(83(66-36-23-56(3)24-37-66)67-38-25-57(4)26-39-67)45-49-75(78)76-50-46-72(53-79(76)80)84(68-40-27-58(5)28-41-68)69-42-29-59(6)30-43-69/h9-53H,7H2,1-6,8H3/b47-31-. The van der Waals surface area contributed by atoms with Crippen LogP contribution in [0.25, 0.3) is 16.7 Å². The minimum atomic E-state index is -0.785. The highest BCUT2D eigenvalue weighted by atomic mass is 15.2. The van der Waals surface area contributed by atoms with E-state index in [2.05, 4.69) is 341 Å². The second kappa shape index (κ2) is 22.0. The lowest BCUT2D eigenvalue weighted by molar-refractivity contribution is 0.766. The highest BCUT2D eigenvalue weighted by molar-refractivity contribution is 6.00. The lowest BCUT2D eigenvalue weighted by Gasteiger charge is -2.35. The van der Waals surface area contributed by atoms with E-state index in [9.17, 15) is 0 Å². The molecule has 0 atom stereocenters. The van der Waals surface area contributed by atoms with Crippen molar-refractivity contribution in [3.8, 4) is 11.1 Å². The molecule has 11 aromatic carbocycles. The number of allylic oxidation sites excluding steroid dienone is 4. The summed E-state index contributed by atoms with van der Waals surface area (Å²) in [6.45, 7) is 20.2. The van der Waals surface area contributed by atoms with E-state index in [-0.39, 0.29) is 0 Å². The minimum absolute atomic E-state index is 0.785. The monoisotopic (exact) mass is 1080 g/mol. The Balaban J connectivity index is 1.10. The van der Waals surface area contributed by atoms with Crippen molar-refractivity contribution in [3.63, 3.8) is 0 Å². The van der Waals surface area contributed by atoms with Gasteiger partial charge in [-0.25, -0.2) is 0 Å². The van der Waals surface area contributed by atoms with Crippen LogP contribution in [-0.2, 0) is 5.41 Å². The maximum atomic E-state index is 4.84. The smallest absolute Gasteiger partial charge is 0.0688 e. The number of nitrogens with zero attached hydrogens (tertiary/aromatic N) is 4. The van der Waals surface area contributed by atoms with Crippen LogP contribution in [0.4, 0.5) is 62.6 Å². The zero-order valence-electron chi connectivity index (χ0n) is 49.0. The molecule has 4 nitrogen and oxygen atoms in total. The van der Waals surface area contributed by atoms with E-state index in [1.165, 1.54) is 72.3 Å². The fraction of sp³-hybridized carbons (Fsp3) is 0.100. The molecular weight excluding hydrogens is 1020 g/mol. The molecule has 84 heavy (non-hydrogen) atoms. The second-order valence-corrected chi connectivity index (χ2v) is 22.8. The molecule has 0 fully saturated rings. The molecule has 0 N–H and O–H groups in total. The van der Waals surface area contributed by atoms with E-state index < -0.39 is 5.41 Å². The number of hydrogen-bond donors (Lipinski definition) is 0. The van der Waals surface area contributed by atoms with Gasteiger partial charge in [0.1, 0.15) is 0 Å². The minimum Gasteiger partial charge on any atom is -0.311 e. The van der Waals surface area contributed by atoms with E-state index in [0.717, 1.165) is 73.8 Å². The zero-order chi connectivity index (χ0) is 57.6. The molecule has 0 unspecified atom stereocenters. The molecule has 1 spiro atoms. The Morgan fingerprint density at radius 3 is 0.905 bits per heavy atom. The van der Waals surface area contributed by atoms with Crippen molar-refractivity contribution in [2.24, 2.45) is 0 Å². The molecule has 0 heterocycles. The molecule has 408 valence electrons. The molecule has 0 aromatic heterocycles. The van der Waals surface area contributed by atoms with Crippen molar-refractivity contribution >= 4 is 68.1 Å². The lowest BCUT2D eigenvalue weighted by Crippen LogP contribution is -2.27. The van der Waals surface area contributed by atoms with Crippen molar-refractivity contribution in [2.75, 3.05) is 19.6 Å². The normalized spacial score (nSPS) is 12.8. The first-order valence-electron chi connectivity index (χ1n) is 29.2. The van der Waals surface area contributed by atoms with Gasteiger partial charge in [-0.1, -0.05) is 173 Å². The fourth-order valence-corrected chi connectivity index (χ4v) is 12.7. The predicted molar refractivity (Wildman–Crippen MR) is 357 cm³/mol. The average molecular weight is 1090 g/mol. The van der Waals surface area contributed by atoms with Gasteiger partial charge in [-0.15, -0.1) is 0 Å². The maximum Gasteiger partial charge on any atom is 0.0688 e. The van der Waals surface area contributed by atoms with E-state index in [0.29, 0.717) is 0 Å². The molecule has 0 saturated carbocycles. The summed E-state index contributed by atoms with van der Waals surface area (Å²) in [6, 6.07) is 96.4. The summed E-state index contributed by atoms with van der Waals surface area (Å²) in [5, 5.41) is 0. The summed E-state index contributed by atoms with van der Waals surface area (Å²) in [5.74, 6) is 0. The topological polar surface area (TPSA) is 13.0 Å². The van der Waals surface area contributed by atoms with Crippen LogP contribution in [0.15, 0.2) is 291 Å². The molecule has 0 saturated heterocycles. The number of anilines is 11. The molecule has 2 aliphatic carbocycles. The lowest BCUT2D eigenvalue weighted by atomic mass is 9.69. The van der Waals surface area contributed by atoms with Crippen molar-refractivity contribution in [2.45, 2.75) is 53.9 Å². The van der Waals surface area contributed by atoms with Gasteiger partial charge in [-0.3, -0.25) is 0 Å². The van der Waals surface area contributed by atoms with Gasteiger partial charge in [0.05, 0.1) is 5.41 Å². The molecule has 11 aromatic rings. The largest absolute Gasteiger partial charge is 0.311 e. The molecule has 13 rings (SSSR count). The molecule has 0 amide bonds. The highest BCUT2D eigenvalue weighted by Crippen LogP contribution is 2.64. The van der Waals surface area contributed by atoms with E-state index in [1.807, 2.05) is 0 Å². The number of fused-ring (bicyclic) bond motifs is 7. The number of aryl methyl sites for hydroxylation is 6. The van der Waals surface area contributed by atoms with Crippen molar-refractivity contribution in [1.82, 2.24) is 0 Å². The first-order chi connectivity index (χ1) is 40.9. The van der Waals surface area contributed by atoms with Crippen LogP contribution in [0.1, 0.15) is 62.6 Å². The summed E-state index contributed by atoms with van der Waals surface area (Å²) >= 11 is 0. The molecule has 0 bridgehead atoms. The third kappa shape index (κ3) is 9.59. The van der Waals surface area contributed by atoms with Crippen LogP contribution in [-0.4, -0.2) is 0 Å². The quantitative estimate of drug-likeness (QED) is 0.101.